The first kappa shape index (κ1) is 16.8. The standard InChI is InChI=1S/C17H29NO2/c1-4-7-15(18-12-5-2)14-20-17-10-8-16(9-11-17)19-13-6-3/h8-11,15,18H,4-7,12-14H2,1-3H3. The first-order chi connectivity index (χ1) is 9.80. The molecule has 0 bridgehead atoms. The van der Waals surface area contributed by atoms with Crippen LogP contribution in [0.25, 0.3) is 0 Å². The van der Waals surface area contributed by atoms with E-state index >= 15 is 0 Å². The number of rotatable bonds is 11. The summed E-state index contributed by atoms with van der Waals surface area (Å²) in [6.07, 6.45) is 4.51. The second-order valence-electron chi connectivity index (χ2n) is 5.07. The van der Waals surface area contributed by atoms with Gasteiger partial charge in [-0.2, -0.15) is 0 Å². The Labute approximate surface area is 123 Å². The molecule has 0 heterocycles. The van der Waals surface area contributed by atoms with Gasteiger partial charge in [-0.05, 0) is 50.1 Å². The van der Waals surface area contributed by atoms with E-state index in [2.05, 4.69) is 26.1 Å². The molecule has 20 heavy (non-hydrogen) atoms. The summed E-state index contributed by atoms with van der Waals surface area (Å²) in [4.78, 5) is 0. The molecule has 0 saturated heterocycles. The number of hydrogen-bond acceptors (Lipinski definition) is 3. The topological polar surface area (TPSA) is 30.5 Å². The molecule has 1 aromatic carbocycles. The Hall–Kier alpha value is -1.22. The van der Waals surface area contributed by atoms with Crippen molar-refractivity contribution in [2.24, 2.45) is 0 Å². The van der Waals surface area contributed by atoms with Gasteiger partial charge in [-0.15, -0.1) is 0 Å². The van der Waals surface area contributed by atoms with Crippen LogP contribution in [0.15, 0.2) is 24.3 Å². The van der Waals surface area contributed by atoms with E-state index in [0.29, 0.717) is 6.04 Å². The van der Waals surface area contributed by atoms with Crippen LogP contribution >= 0.6 is 0 Å². The summed E-state index contributed by atoms with van der Waals surface area (Å²) in [6, 6.07) is 8.34. The quantitative estimate of drug-likeness (QED) is 0.663. The maximum Gasteiger partial charge on any atom is 0.119 e. The molecule has 0 aliphatic carbocycles. The Morgan fingerprint density at radius 3 is 2.10 bits per heavy atom. The normalized spacial score (nSPS) is 12.2. The summed E-state index contributed by atoms with van der Waals surface area (Å²) in [6.45, 7) is 9.04. The van der Waals surface area contributed by atoms with E-state index in [1.807, 2.05) is 24.3 Å². The van der Waals surface area contributed by atoms with E-state index in [1.54, 1.807) is 0 Å². The third kappa shape index (κ3) is 6.80. The van der Waals surface area contributed by atoms with Gasteiger partial charge in [0.1, 0.15) is 18.1 Å². The SMILES string of the molecule is CCCNC(CCC)COc1ccc(OCCC)cc1. The van der Waals surface area contributed by atoms with Crippen LogP contribution < -0.4 is 14.8 Å². The van der Waals surface area contributed by atoms with Gasteiger partial charge in [0.2, 0.25) is 0 Å². The third-order valence-corrected chi connectivity index (χ3v) is 3.07. The van der Waals surface area contributed by atoms with Crippen molar-refractivity contribution in [3.8, 4) is 11.5 Å². The van der Waals surface area contributed by atoms with Crippen LogP contribution in [0.3, 0.4) is 0 Å². The molecular formula is C17H29NO2. The van der Waals surface area contributed by atoms with Crippen LogP contribution in [-0.2, 0) is 0 Å². The summed E-state index contributed by atoms with van der Waals surface area (Å²) in [7, 11) is 0. The Bertz CT molecular complexity index is 337. The molecule has 0 spiro atoms. The minimum atomic E-state index is 0.441. The van der Waals surface area contributed by atoms with Crippen molar-refractivity contribution >= 4 is 0 Å². The Morgan fingerprint density at radius 2 is 1.55 bits per heavy atom. The van der Waals surface area contributed by atoms with Crippen molar-refractivity contribution in [2.45, 2.75) is 52.5 Å². The predicted octanol–water partition coefficient (Wildman–Crippen LogP) is 4.02. The van der Waals surface area contributed by atoms with Crippen molar-refractivity contribution in [1.29, 1.82) is 0 Å². The fraction of sp³-hybridized carbons (Fsp3) is 0.647. The van der Waals surface area contributed by atoms with Gasteiger partial charge in [-0.25, -0.2) is 0 Å². The molecule has 0 aromatic heterocycles. The maximum absolute atomic E-state index is 5.86. The van der Waals surface area contributed by atoms with Crippen LogP contribution in [0.4, 0.5) is 0 Å². The number of nitrogens with one attached hydrogen (secondary N) is 1. The van der Waals surface area contributed by atoms with Crippen molar-refractivity contribution in [1.82, 2.24) is 5.32 Å². The lowest BCUT2D eigenvalue weighted by Gasteiger charge is -2.18. The lowest BCUT2D eigenvalue weighted by Crippen LogP contribution is -2.35. The Morgan fingerprint density at radius 1 is 0.900 bits per heavy atom. The average Bonchev–Trinajstić information content (AvgIpc) is 2.49. The highest BCUT2D eigenvalue weighted by Gasteiger charge is 2.07. The van der Waals surface area contributed by atoms with Crippen LogP contribution in [0, 0.1) is 0 Å². The number of benzene rings is 1. The number of hydrogen-bond donors (Lipinski definition) is 1. The predicted molar refractivity (Wildman–Crippen MR) is 84.7 cm³/mol. The zero-order valence-electron chi connectivity index (χ0n) is 13.2. The van der Waals surface area contributed by atoms with E-state index < -0.39 is 0 Å². The molecule has 1 aromatic rings. The van der Waals surface area contributed by atoms with Gasteiger partial charge in [0.05, 0.1) is 6.61 Å². The Balaban J connectivity index is 2.38. The fourth-order valence-electron chi connectivity index (χ4n) is 1.99. The Kier molecular flexibility index (Phi) is 8.88. The van der Waals surface area contributed by atoms with E-state index in [0.717, 1.165) is 50.5 Å². The summed E-state index contributed by atoms with van der Waals surface area (Å²) >= 11 is 0. The van der Waals surface area contributed by atoms with E-state index in [1.165, 1.54) is 6.42 Å². The number of ether oxygens (including phenoxy) is 2. The smallest absolute Gasteiger partial charge is 0.119 e. The van der Waals surface area contributed by atoms with Gasteiger partial charge in [0.25, 0.3) is 0 Å². The molecule has 3 heteroatoms. The fourth-order valence-corrected chi connectivity index (χ4v) is 1.99. The molecule has 0 aliphatic heterocycles. The van der Waals surface area contributed by atoms with Crippen LogP contribution in [0.2, 0.25) is 0 Å². The van der Waals surface area contributed by atoms with Gasteiger partial charge in [-0.3, -0.25) is 0 Å². The van der Waals surface area contributed by atoms with Gasteiger partial charge in [-0.1, -0.05) is 27.2 Å². The summed E-state index contributed by atoms with van der Waals surface area (Å²) in [5.74, 6) is 1.82. The molecule has 114 valence electrons. The molecule has 1 N–H and O–H groups in total. The zero-order chi connectivity index (χ0) is 14.6. The summed E-state index contributed by atoms with van der Waals surface area (Å²) in [5.41, 5.74) is 0. The van der Waals surface area contributed by atoms with Crippen LogP contribution in [-0.4, -0.2) is 25.8 Å². The largest absolute Gasteiger partial charge is 0.494 e. The first-order valence-corrected chi connectivity index (χ1v) is 7.89. The first-order valence-electron chi connectivity index (χ1n) is 7.89. The zero-order valence-corrected chi connectivity index (χ0v) is 13.2. The van der Waals surface area contributed by atoms with Gasteiger partial charge >= 0.3 is 0 Å². The second kappa shape index (κ2) is 10.6. The monoisotopic (exact) mass is 279 g/mol. The third-order valence-electron chi connectivity index (χ3n) is 3.07. The highest BCUT2D eigenvalue weighted by molar-refractivity contribution is 5.31. The van der Waals surface area contributed by atoms with E-state index in [-0.39, 0.29) is 0 Å². The van der Waals surface area contributed by atoms with Gasteiger partial charge in [0.15, 0.2) is 0 Å². The summed E-state index contributed by atoms with van der Waals surface area (Å²) in [5, 5.41) is 3.53. The summed E-state index contributed by atoms with van der Waals surface area (Å²) < 4.78 is 11.4. The van der Waals surface area contributed by atoms with E-state index in [9.17, 15) is 0 Å². The molecule has 0 fully saturated rings. The van der Waals surface area contributed by atoms with Crippen molar-refractivity contribution in [2.75, 3.05) is 19.8 Å². The molecule has 0 radical (unpaired) electrons. The molecule has 1 atom stereocenters. The molecule has 0 saturated carbocycles. The van der Waals surface area contributed by atoms with Crippen molar-refractivity contribution < 1.29 is 9.47 Å². The maximum atomic E-state index is 5.86. The second-order valence-corrected chi connectivity index (χ2v) is 5.07. The molecule has 0 aliphatic rings. The average molecular weight is 279 g/mol. The molecule has 3 nitrogen and oxygen atoms in total. The van der Waals surface area contributed by atoms with Gasteiger partial charge in [0, 0.05) is 6.04 Å². The lowest BCUT2D eigenvalue weighted by molar-refractivity contribution is 0.255. The molecule has 1 rings (SSSR count). The van der Waals surface area contributed by atoms with Crippen LogP contribution in [0.1, 0.15) is 46.5 Å². The molecular weight excluding hydrogens is 250 g/mol. The molecule has 1 unspecified atom stereocenters. The highest BCUT2D eigenvalue weighted by atomic mass is 16.5. The molecule has 0 amide bonds. The highest BCUT2D eigenvalue weighted by Crippen LogP contribution is 2.18. The van der Waals surface area contributed by atoms with E-state index in [4.69, 9.17) is 9.47 Å². The lowest BCUT2D eigenvalue weighted by atomic mass is 10.2. The van der Waals surface area contributed by atoms with Crippen molar-refractivity contribution in [3.63, 3.8) is 0 Å². The van der Waals surface area contributed by atoms with Crippen LogP contribution in [0.5, 0.6) is 11.5 Å². The minimum Gasteiger partial charge on any atom is -0.494 e. The van der Waals surface area contributed by atoms with Crippen molar-refractivity contribution in [3.05, 3.63) is 24.3 Å². The van der Waals surface area contributed by atoms with Gasteiger partial charge < -0.3 is 14.8 Å². The minimum absolute atomic E-state index is 0.441.